The maximum Gasteiger partial charge on any atom is 0.249 e. The summed E-state index contributed by atoms with van der Waals surface area (Å²) >= 11 is 0. The van der Waals surface area contributed by atoms with Gasteiger partial charge in [0.2, 0.25) is 5.91 Å². The van der Waals surface area contributed by atoms with Crippen molar-refractivity contribution in [3.8, 4) is 0 Å². The average Bonchev–Trinajstić information content (AvgIpc) is 2.73. The predicted octanol–water partition coefficient (Wildman–Crippen LogP) is 1.44. The van der Waals surface area contributed by atoms with Crippen LogP contribution in [0.15, 0.2) is 30.6 Å². The Bertz CT molecular complexity index is 574. The van der Waals surface area contributed by atoms with Crippen LogP contribution in [0.3, 0.4) is 0 Å². The third kappa shape index (κ3) is 2.51. The molecule has 1 amide bonds. The van der Waals surface area contributed by atoms with Crippen LogP contribution in [0.25, 0.3) is 0 Å². The molecule has 0 aliphatic heterocycles. The molecule has 0 aliphatic rings. The van der Waals surface area contributed by atoms with Gasteiger partial charge in [-0.15, -0.1) is 0 Å². The number of carbonyl (C=O) groups excluding carboxylic acids is 1. The summed E-state index contributed by atoms with van der Waals surface area (Å²) in [5.41, 5.74) is 8.73. The van der Waals surface area contributed by atoms with Gasteiger partial charge < -0.3 is 11.1 Å². The Kier molecular flexibility index (Phi) is 3.32. The first-order valence-corrected chi connectivity index (χ1v) is 5.68. The molecule has 0 unspecified atom stereocenters. The van der Waals surface area contributed by atoms with Crippen molar-refractivity contribution in [2.24, 2.45) is 12.8 Å². The normalized spacial score (nSPS) is 10.3. The Labute approximate surface area is 106 Å². The minimum atomic E-state index is -0.405. The lowest BCUT2D eigenvalue weighted by Crippen LogP contribution is -2.13. The van der Waals surface area contributed by atoms with E-state index >= 15 is 0 Å². The summed E-state index contributed by atoms with van der Waals surface area (Å²) < 4.78 is 1.75. The number of hydrogen-bond donors (Lipinski definition) is 2. The third-order valence-electron chi connectivity index (χ3n) is 2.84. The Balaban J connectivity index is 2.14. The molecule has 94 valence electrons. The van der Waals surface area contributed by atoms with Crippen LogP contribution in [-0.2, 0) is 13.6 Å². The highest BCUT2D eigenvalue weighted by Gasteiger charge is 2.08. The fourth-order valence-corrected chi connectivity index (χ4v) is 1.85. The van der Waals surface area contributed by atoms with Gasteiger partial charge in [0.15, 0.2) is 0 Å². The Morgan fingerprint density at radius 3 is 2.89 bits per heavy atom. The van der Waals surface area contributed by atoms with Gasteiger partial charge in [0.25, 0.3) is 0 Å². The first-order chi connectivity index (χ1) is 8.58. The van der Waals surface area contributed by atoms with E-state index in [2.05, 4.69) is 10.4 Å². The predicted molar refractivity (Wildman–Crippen MR) is 70.2 cm³/mol. The number of aromatic nitrogens is 2. The minimum absolute atomic E-state index is 0.405. The fourth-order valence-electron chi connectivity index (χ4n) is 1.85. The van der Waals surface area contributed by atoms with Crippen LogP contribution in [0.5, 0.6) is 0 Å². The van der Waals surface area contributed by atoms with E-state index in [9.17, 15) is 4.79 Å². The van der Waals surface area contributed by atoms with E-state index in [0.717, 1.165) is 16.8 Å². The summed E-state index contributed by atoms with van der Waals surface area (Å²) in [7, 11) is 1.88. The van der Waals surface area contributed by atoms with Crippen LogP contribution in [0.1, 0.15) is 21.5 Å². The smallest absolute Gasteiger partial charge is 0.249 e. The number of carbonyl (C=O) groups is 1. The number of anilines is 1. The van der Waals surface area contributed by atoms with Crippen LogP contribution in [0, 0.1) is 6.92 Å². The second-order valence-corrected chi connectivity index (χ2v) is 4.22. The van der Waals surface area contributed by atoms with Crippen LogP contribution in [0.2, 0.25) is 0 Å². The van der Waals surface area contributed by atoms with Crippen molar-refractivity contribution in [1.82, 2.24) is 9.78 Å². The number of benzene rings is 1. The van der Waals surface area contributed by atoms with Gasteiger partial charge in [-0.1, -0.05) is 6.07 Å². The molecule has 2 rings (SSSR count). The summed E-state index contributed by atoms with van der Waals surface area (Å²) in [5.74, 6) is -0.405. The number of nitrogens with one attached hydrogen (secondary N) is 1. The first-order valence-electron chi connectivity index (χ1n) is 5.68. The van der Waals surface area contributed by atoms with Gasteiger partial charge >= 0.3 is 0 Å². The van der Waals surface area contributed by atoms with E-state index in [-0.39, 0.29) is 0 Å². The molecule has 0 aliphatic carbocycles. The third-order valence-corrected chi connectivity index (χ3v) is 2.84. The molecule has 0 atom stereocenters. The topological polar surface area (TPSA) is 72.9 Å². The highest BCUT2D eigenvalue weighted by molar-refractivity contribution is 5.95. The SMILES string of the molecule is Cc1c(NCc2cnn(C)c2)cccc1C(N)=O. The number of amides is 1. The molecule has 0 saturated heterocycles. The molecule has 18 heavy (non-hydrogen) atoms. The van der Waals surface area contributed by atoms with Crippen molar-refractivity contribution < 1.29 is 4.79 Å². The first kappa shape index (κ1) is 12.2. The molecule has 1 aromatic carbocycles. The van der Waals surface area contributed by atoms with Crippen molar-refractivity contribution in [3.05, 3.63) is 47.3 Å². The lowest BCUT2D eigenvalue weighted by molar-refractivity contribution is 0.1000. The van der Waals surface area contributed by atoms with Crippen molar-refractivity contribution in [2.75, 3.05) is 5.32 Å². The van der Waals surface area contributed by atoms with E-state index in [1.807, 2.05) is 32.3 Å². The van der Waals surface area contributed by atoms with Crippen LogP contribution >= 0.6 is 0 Å². The molecule has 5 heteroatoms. The molecule has 3 N–H and O–H groups in total. The molecular weight excluding hydrogens is 228 g/mol. The Morgan fingerprint density at radius 2 is 2.28 bits per heavy atom. The summed E-state index contributed by atoms with van der Waals surface area (Å²) in [4.78, 5) is 11.2. The van der Waals surface area contributed by atoms with Crippen LogP contribution in [0.4, 0.5) is 5.69 Å². The highest BCUT2D eigenvalue weighted by Crippen LogP contribution is 2.19. The molecule has 1 aromatic heterocycles. The molecule has 0 bridgehead atoms. The zero-order valence-corrected chi connectivity index (χ0v) is 10.5. The lowest BCUT2D eigenvalue weighted by Gasteiger charge is -2.10. The second-order valence-electron chi connectivity index (χ2n) is 4.22. The van der Waals surface area contributed by atoms with Crippen LogP contribution in [-0.4, -0.2) is 15.7 Å². The van der Waals surface area contributed by atoms with Crippen molar-refractivity contribution in [3.63, 3.8) is 0 Å². The molecule has 5 nitrogen and oxygen atoms in total. The van der Waals surface area contributed by atoms with Crippen molar-refractivity contribution in [2.45, 2.75) is 13.5 Å². The summed E-state index contributed by atoms with van der Waals surface area (Å²) in [5, 5.41) is 7.38. The zero-order valence-electron chi connectivity index (χ0n) is 10.5. The van der Waals surface area contributed by atoms with E-state index in [1.54, 1.807) is 16.9 Å². The van der Waals surface area contributed by atoms with E-state index < -0.39 is 5.91 Å². The van der Waals surface area contributed by atoms with Gasteiger partial charge in [0.05, 0.1) is 6.20 Å². The number of aryl methyl sites for hydroxylation is 1. The fraction of sp³-hybridized carbons (Fsp3) is 0.231. The van der Waals surface area contributed by atoms with Gasteiger partial charge in [-0.05, 0) is 24.6 Å². The monoisotopic (exact) mass is 244 g/mol. The van der Waals surface area contributed by atoms with Crippen molar-refractivity contribution in [1.29, 1.82) is 0 Å². The number of hydrogen-bond acceptors (Lipinski definition) is 3. The van der Waals surface area contributed by atoms with Gasteiger partial charge in [-0.3, -0.25) is 9.48 Å². The summed E-state index contributed by atoms with van der Waals surface area (Å²) in [6, 6.07) is 5.48. The van der Waals surface area contributed by atoms with Crippen LogP contribution < -0.4 is 11.1 Å². The van der Waals surface area contributed by atoms with Gasteiger partial charge in [0, 0.05) is 36.6 Å². The number of nitrogens with two attached hydrogens (primary N) is 1. The zero-order chi connectivity index (χ0) is 13.1. The van der Waals surface area contributed by atoms with E-state index in [1.165, 1.54) is 0 Å². The standard InChI is InChI=1S/C13H16N4O/c1-9-11(13(14)18)4-3-5-12(9)15-6-10-7-16-17(2)8-10/h3-5,7-8,15H,6H2,1-2H3,(H2,14,18). The molecule has 2 aromatic rings. The van der Waals surface area contributed by atoms with Crippen molar-refractivity contribution >= 4 is 11.6 Å². The van der Waals surface area contributed by atoms with E-state index in [0.29, 0.717) is 12.1 Å². The second kappa shape index (κ2) is 4.91. The molecular formula is C13H16N4O. The number of rotatable bonds is 4. The maximum atomic E-state index is 11.2. The Hall–Kier alpha value is -2.30. The van der Waals surface area contributed by atoms with Gasteiger partial charge in [0.1, 0.15) is 0 Å². The average molecular weight is 244 g/mol. The highest BCUT2D eigenvalue weighted by atomic mass is 16.1. The van der Waals surface area contributed by atoms with Gasteiger partial charge in [-0.2, -0.15) is 5.10 Å². The summed E-state index contributed by atoms with van der Waals surface area (Å²) in [6.07, 6.45) is 3.75. The molecule has 0 fully saturated rings. The number of nitrogens with zero attached hydrogens (tertiary/aromatic N) is 2. The minimum Gasteiger partial charge on any atom is -0.381 e. The summed E-state index contributed by atoms with van der Waals surface area (Å²) in [6.45, 7) is 2.54. The van der Waals surface area contributed by atoms with E-state index in [4.69, 9.17) is 5.73 Å². The Morgan fingerprint density at radius 1 is 1.50 bits per heavy atom. The van der Waals surface area contributed by atoms with Gasteiger partial charge in [-0.25, -0.2) is 0 Å². The molecule has 0 spiro atoms. The number of primary amides is 1. The molecule has 0 radical (unpaired) electrons. The molecule has 1 heterocycles. The lowest BCUT2D eigenvalue weighted by atomic mass is 10.1. The maximum absolute atomic E-state index is 11.2. The quantitative estimate of drug-likeness (QED) is 0.854. The molecule has 0 saturated carbocycles. The largest absolute Gasteiger partial charge is 0.381 e.